The van der Waals surface area contributed by atoms with E-state index in [1.807, 2.05) is 43.3 Å². The summed E-state index contributed by atoms with van der Waals surface area (Å²) in [5, 5.41) is 5.21. The predicted molar refractivity (Wildman–Crippen MR) is 91.9 cm³/mol. The number of nitrogen functional groups attached to an aromatic ring is 1. The van der Waals surface area contributed by atoms with Gasteiger partial charge in [0.25, 0.3) is 0 Å². The summed E-state index contributed by atoms with van der Waals surface area (Å²) in [7, 11) is 0. The van der Waals surface area contributed by atoms with Gasteiger partial charge in [-0.2, -0.15) is 0 Å². The summed E-state index contributed by atoms with van der Waals surface area (Å²) in [5.74, 6) is -0.0430. The number of aryl methyl sites for hydroxylation is 1. The Kier molecular flexibility index (Phi) is 3.79. The lowest BCUT2D eigenvalue weighted by Gasteiger charge is -2.08. The maximum Gasteiger partial charge on any atom is 0.228 e. The van der Waals surface area contributed by atoms with Gasteiger partial charge in [0.2, 0.25) is 5.91 Å². The van der Waals surface area contributed by atoms with Gasteiger partial charge in [-0.1, -0.05) is 48.5 Å². The highest BCUT2D eigenvalue weighted by Gasteiger charge is 2.06. The standard InChI is InChI=1S/C19H18N2O/c1-13-6-9-17(12-18(13)20)21-19(22)11-14-7-8-15-4-2-3-5-16(15)10-14/h2-10,12H,11,20H2,1H3,(H,21,22). The Morgan fingerprint density at radius 3 is 2.55 bits per heavy atom. The van der Waals surface area contributed by atoms with E-state index >= 15 is 0 Å². The lowest BCUT2D eigenvalue weighted by atomic mass is 10.0. The second kappa shape index (κ2) is 5.90. The van der Waals surface area contributed by atoms with Crippen LogP contribution in [0.25, 0.3) is 10.8 Å². The summed E-state index contributed by atoms with van der Waals surface area (Å²) in [6, 6.07) is 19.8. The molecular weight excluding hydrogens is 272 g/mol. The first-order valence-electron chi connectivity index (χ1n) is 7.25. The van der Waals surface area contributed by atoms with E-state index in [1.54, 1.807) is 6.07 Å². The zero-order chi connectivity index (χ0) is 15.5. The highest BCUT2D eigenvalue weighted by molar-refractivity contribution is 5.93. The molecule has 3 rings (SSSR count). The number of hydrogen-bond donors (Lipinski definition) is 2. The van der Waals surface area contributed by atoms with Crippen LogP contribution in [0.15, 0.2) is 60.7 Å². The highest BCUT2D eigenvalue weighted by Crippen LogP contribution is 2.18. The first-order chi connectivity index (χ1) is 10.6. The molecule has 0 atom stereocenters. The molecule has 1 amide bonds. The molecule has 3 N–H and O–H groups in total. The number of hydrogen-bond acceptors (Lipinski definition) is 2. The van der Waals surface area contributed by atoms with E-state index in [0.717, 1.165) is 22.2 Å². The first kappa shape index (κ1) is 14.1. The molecule has 0 saturated carbocycles. The Labute approximate surface area is 129 Å². The second-order valence-electron chi connectivity index (χ2n) is 5.48. The number of amides is 1. The van der Waals surface area contributed by atoms with Crippen LogP contribution in [-0.4, -0.2) is 5.91 Å². The van der Waals surface area contributed by atoms with Crippen LogP contribution in [0.4, 0.5) is 11.4 Å². The minimum absolute atomic E-state index is 0.0430. The van der Waals surface area contributed by atoms with E-state index in [9.17, 15) is 4.79 Å². The normalized spacial score (nSPS) is 10.6. The van der Waals surface area contributed by atoms with Gasteiger partial charge in [0.05, 0.1) is 6.42 Å². The Hall–Kier alpha value is -2.81. The quantitative estimate of drug-likeness (QED) is 0.718. The molecule has 0 unspecified atom stereocenters. The average molecular weight is 290 g/mol. The van der Waals surface area contributed by atoms with Crippen LogP contribution < -0.4 is 11.1 Å². The van der Waals surface area contributed by atoms with E-state index in [0.29, 0.717) is 12.1 Å². The summed E-state index contributed by atoms with van der Waals surface area (Å²) < 4.78 is 0. The molecule has 3 aromatic carbocycles. The summed E-state index contributed by atoms with van der Waals surface area (Å²) in [6.45, 7) is 1.94. The summed E-state index contributed by atoms with van der Waals surface area (Å²) in [6.07, 6.45) is 0.346. The van der Waals surface area contributed by atoms with Gasteiger partial charge in [0.1, 0.15) is 0 Å². The lowest BCUT2D eigenvalue weighted by molar-refractivity contribution is -0.115. The van der Waals surface area contributed by atoms with Gasteiger partial charge in [0.15, 0.2) is 0 Å². The molecular formula is C19H18N2O. The van der Waals surface area contributed by atoms with Crippen LogP contribution in [0.1, 0.15) is 11.1 Å². The first-order valence-corrected chi connectivity index (χ1v) is 7.25. The van der Waals surface area contributed by atoms with E-state index in [2.05, 4.69) is 23.5 Å². The topological polar surface area (TPSA) is 55.1 Å². The minimum Gasteiger partial charge on any atom is -0.398 e. The van der Waals surface area contributed by atoms with Gasteiger partial charge in [-0.05, 0) is 41.0 Å². The monoisotopic (exact) mass is 290 g/mol. The molecule has 22 heavy (non-hydrogen) atoms. The average Bonchev–Trinajstić information content (AvgIpc) is 2.51. The van der Waals surface area contributed by atoms with Crippen molar-refractivity contribution >= 4 is 28.1 Å². The Bertz CT molecular complexity index is 840. The molecule has 0 saturated heterocycles. The summed E-state index contributed by atoms with van der Waals surface area (Å²) in [4.78, 5) is 12.2. The largest absolute Gasteiger partial charge is 0.398 e. The number of carbonyl (C=O) groups excluding carboxylic acids is 1. The number of rotatable bonds is 3. The summed E-state index contributed by atoms with van der Waals surface area (Å²) in [5.41, 5.74) is 9.28. The van der Waals surface area contributed by atoms with Crippen molar-refractivity contribution in [3.05, 3.63) is 71.8 Å². The van der Waals surface area contributed by atoms with Crippen LogP contribution in [0, 0.1) is 6.92 Å². The smallest absolute Gasteiger partial charge is 0.228 e. The predicted octanol–water partition coefficient (Wildman–Crippen LogP) is 3.91. The van der Waals surface area contributed by atoms with Crippen LogP contribution in [0.5, 0.6) is 0 Å². The Morgan fingerprint density at radius 1 is 1.00 bits per heavy atom. The minimum atomic E-state index is -0.0430. The molecule has 3 nitrogen and oxygen atoms in total. The number of anilines is 2. The van der Waals surface area contributed by atoms with Gasteiger partial charge in [0, 0.05) is 11.4 Å². The van der Waals surface area contributed by atoms with Crippen molar-refractivity contribution in [2.75, 3.05) is 11.1 Å². The molecule has 0 aliphatic carbocycles. The molecule has 3 aromatic rings. The Balaban J connectivity index is 1.73. The third-order valence-electron chi connectivity index (χ3n) is 3.74. The van der Waals surface area contributed by atoms with Crippen molar-refractivity contribution in [1.82, 2.24) is 0 Å². The third-order valence-corrected chi connectivity index (χ3v) is 3.74. The van der Waals surface area contributed by atoms with Gasteiger partial charge < -0.3 is 11.1 Å². The van der Waals surface area contributed by atoms with Crippen LogP contribution in [0.2, 0.25) is 0 Å². The molecule has 0 bridgehead atoms. The van der Waals surface area contributed by atoms with Crippen molar-refractivity contribution in [2.45, 2.75) is 13.3 Å². The Morgan fingerprint density at radius 2 is 1.77 bits per heavy atom. The fraction of sp³-hybridized carbons (Fsp3) is 0.105. The van der Waals surface area contributed by atoms with E-state index in [-0.39, 0.29) is 5.91 Å². The van der Waals surface area contributed by atoms with Crippen LogP contribution in [-0.2, 0) is 11.2 Å². The van der Waals surface area contributed by atoms with Gasteiger partial charge >= 0.3 is 0 Å². The molecule has 0 aromatic heterocycles. The third kappa shape index (κ3) is 3.09. The van der Waals surface area contributed by atoms with Gasteiger partial charge in [-0.25, -0.2) is 0 Å². The maximum atomic E-state index is 12.2. The number of carbonyl (C=O) groups is 1. The fourth-order valence-corrected chi connectivity index (χ4v) is 2.46. The number of nitrogens with one attached hydrogen (secondary N) is 1. The van der Waals surface area contributed by atoms with Crippen molar-refractivity contribution in [3.63, 3.8) is 0 Å². The molecule has 110 valence electrons. The molecule has 0 heterocycles. The van der Waals surface area contributed by atoms with Gasteiger partial charge in [-0.15, -0.1) is 0 Å². The molecule has 3 heteroatoms. The van der Waals surface area contributed by atoms with Crippen molar-refractivity contribution in [2.24, 2.45) is 0 Å². The zero-order valence-electron chi connectivity index (χ0n) is 12.5. The van der Waals surface area contributed by atoms with E-state index < -0.39 is 0 Å². The molecule has 0 spiro atoms. The van der Waals surface area contributed by atoms with Crippen molar-refractivity contribution in [3.8, 4) is 0 Å². The number of nitrogens with two attached hydrogens (primary N) is 1. The van der Waals surface area contributed by atoms with Crippen molar-refractivity contribution in [1.29, 1.82) is 0 Å². The number of fused-ring (bicyclic) bond motifs is 1. The summed E-state index contributed by atoms with van der Waals surface area (Å²) >= 11 is 0. The van der Waals surface area contributed by atoms with E-state index in [1.165, 1.54) is 5.39 Å². The van der Waals surface area contributed by atoms with E-state index in [4.69, 9.17) is 5.73 Å². The fourth-order valence-electron chi connectivity index (χ4n) is 2.46. The van der Waals surface area contributed by atoms with Gasteiger partial charge in [-0.3, -0.25) is 4.79 Å². The SMILES string of the molecule is Cc1ccc(NC(=O)Cc2ccc3ccccc3c2)cc1N. The second-order valence-corrected chi connectivity index (χ2v) is 5.48. The zero-order valence-corrected chi connectivity index (χ0v) is 12.5. The molecule has 0 aliphatic rings. The molecule has 0 aliphatic heterocycles. The van der Waals surface area contributed by atoms with Crippen LogP contribution in [0.3, 0.4) is 0 Å². The maximum absolute atomic E-state index is 12.2. The van der Waals surface area contributed by atoms with Crippen molar-refractivity contribution < 1.29 is 4.79 Å². The number of benzene rings is 3. The lowest BCUT2D eigenvalue weighted by Crippen LogP contribution is -2.14. The molecule has 0 fully saturated rings. The molecule has 0 radical (unpaired) electrons. The van der Waals surface area contributed by atoms with Crippen LogP contribution >= 0.6 is 0 Å². The highest BCUT2D eigenvalue weighted by atomic mass is 16.1.